The molecule has 0 bridgehead atoms. The number of halogens is 1. The molecule has 4 nitrogen and oxygen atoms in total. The lowest BCUT2D eigenvalue weighted by Gasteiger charge is -2.04. The third kappa shape index (κ3) is 4.76. The summed E-state index contributed by atoms with van der Waals surface area (Å²) in [5.41, 5.74) is 0.809. The first kappa shape index (κ1) is 17.4. The fourth-order valence-corrected chi connectivity index (χ4v) is 3.55. The van der Waals surface area contributed by atoms with Crippen LogP contribution in [-0.2, 0) is 4.79 Å². The largest absolute Gasteiger partial charge is 0.481 e. The molecule has 0 aliphatic rings. The van der Waals surface area contributed by atoms with E-state index < -0.39 is 5.97 Å². The van der Waals surface area contributed by atoms with Crippen LogP contribution in [0, 0.1) is 12.7 Å². The van der Waals surface area contributed by atoms with E-state index in [1.165, 1.54) is 23.5 Å². The summed E-state index contributed by atoms with van der Waals surface area (Å²) < 4.78 is 14.2. The Balaban J connectivity index is 1.82. The van der Waals surface area contributed by atoms with Crippen LogP contribution in [0.5, 0.6) is 0 Å². The molecule has 1 amide bonds. The number of unbranched alkanes of at least 4 members (excludes halogenated alkanes) is 3. The molecule has 0 atom stereocenters. The second kappa shape index (κ2) is 8.06. The van der Waals surface area contributed by atoms with E-state index in [-0.39, 0.29) is 18.1 Å². The summed E-state index contributed by atoms with van der Waals surface area (Å²) in [7, 11) is 0. The molecule has 0 unspecified atom stereocenters. The molecule has 0 radical (unpaired) electrons. The monoisotopic (exact) mass is 337 g/mol. The number of rotatable bonds is 8. The number of fused-ring (bicyclic) bond motifs is 1. The Labute approximate surface area is 138 Å². The quantitative estimate of drug-likeness (QED) is 0.712. The fraction of sp³-hybridized carbons (Fsp3) is 0.412. The number of carboxylic acid groups (broad SMARTS) is 1. The van der Waals surface area contributed by atoms with Crippen molar-refractivity contribution in [2.24, 2.45) is 0 Å². The summed E-state index contributed by atoms with van der Waals surface area (Å²) >= 11 is 1.37. The summed E-state index contributed by atoms with van der Waals surface area (Å²) in [5, 5.41) is 12.2. The Morgan fingerprint density at radius 3 is 2.70 bits per heavy atom. The van der Waals surface area contributed by atoms with Crippen LogP contribution in [0.3, 0.4) is 0 Å². The van der Waals surface area contributed by atoms with Gasteiger partial charge in [0, 0.05) is 17.7 Å². The van der Waals surface area contributed by atoms with E-state index in [1.807, 2.05) is 6.92 Å². The van der Waals surface area contributed by atoms with Gasteiger partial charge in [0.2, 0.25) is 0 Å². The highest BCUT2D eigenvalue weighted by Gasteiger charge is 2.15. The Hall–Kier alpha value is -1.95. The molecule has 2 rings (SSSR count). The average Bonchev–Trinajstić information content (AvgIpc) is 2.83. The second-order valence-electron chi connectivity index (χ2n) is 5.51. The Morgan fingerprint density at radius 2 is 1.96 bits per heavy atom. The molecular formula is C17H20FNO3S. The highest BCUT2D eigenvalue weighted by Crippen LogP contribution is 2.31. The van der Waals surface area contributed by atoms with Gasteiger partial charge in [-0.1, -0.05) is 12.8 Å². The molecule has 2 aromatic rings. The van der Waals surface area contributed by atoms with Gasteiger partial charge >= 0.3 is 5.97 Å². The summed E-state index contributed by atoms with van der Waals surface area (Å²) in [6, 6.07) is 4.55. The van der Waals surface area contributed by atoms with Crippen LogP contribution in [0.25, 0.3) is 10.1 Å². The standard InChI is InChI=1S/C17H20FNO3S/c1-11-13-10-12(18)7-8-14(13)23-16(11)17(22)19-9-5-3-2-4-6-15(20)21/h7-8,10H,2-6,9H2,1H3,(H,19,22)(H,20,21). The van der Waals surface area contributed by atoms with Gasteiger partial charge < -0.3 is 10.4 Å². The highest BCUT2D eigenvalue weighted by molar-refractivity contribution is 7.21. The number of carbonyl (C=O) groups is 2. The number of hydrogen-bond donors (Lipinski definition) is 2. The van der Waals surface area contributed by atoms with Gasteiger partial charge in [0.25, 0.3) is 5.91 Å². The van der Waals surface area contributed by atoms with Gasteiger partial charge in [-0.25, -0.2) is 4.39 Å². The van der Waals surface area contributed by atoms with E-state index in [1.54, 1.807) is 6.07 Å². The molecule has 1 aromatic heterocycles. The van der Waals surface area contributed by atoms with Crippen LogP contribution in [-0.4, -0.2) is 23.5 Å². The van der Waals surface area contributed by atoms with Crippen molar-refractivity contribution in [2.45, 2.75) is 39.0 Å². The predicted molar refractivity (Wildman–Crippen MR) is 89.6 cm³/mol. The summed E-state index contributed by atoms with van der Waals surface area (Å²) in [6.45, 7) is 2.40. The number of amides is 1. The molecule has 0 aliphatic heterocycles. The second-order valence-corrected chi connectivity index (χ2v) is 6.56. The predicted octanol–water partition coefficient (Wildman–Crippen LogP) is 4.11. The molecule has 6 heteroatoms. The zero-order valence-electron chi connectivity index (χ0n) is 13.0. The molecule has 23 heavy (non-hydrogen) atoms. The molecule has 0 saturated heterocycles. The van der Waals surface area contributed by atoms with E-state index in [9.17, 15) is 14.0 Å². The molecule has 124 valence electrons. The van der Waals surface area contributed by atoms with Crippen molar-refractivity contribution in [1.82, 2.24) is 5.32 Å². The fourth-order valence-electron chi connectivity index (χ4n) is 2.45. The number of aryl methyl sites for hydroxylation is 1. The van der Waals surface area contributed by atoms with Gasteiger partial charge in [0.1, 0.15) is 5.82 Å². The minimum atomic E-state index is -0.769. The molecule has 1 aromatic carbocycles. The molecule has 2 N–H and O–H groups in total. The van der Waals surface area contributed by atoms with Gasteiger partial charge in [0.15, 0.2) is 0 Å². The average molecular weight is 337 g/mol. The number of carbonyl (C=O) groups excluding carboxylic acids is 1. The Bertz CT molecular complexity index is 711. The van der Waals surface area contributed by atoms with E-state index in [0.717, 1.165) is 34.9 Å². The zero-order valence-corrected chi connectivity index (χ0v) is 13.8. The van der Waals surface area contributed by atoms with Crippen LogP contribution in [0.15, 0.2) is 18.2 Å². The lowest BCUT2D eigenvalue weighted by molar-refractivity contribution is -0.137. The smallest absolute Gasteiger partial charge is 0.303 e. The summed E-state index contributed by atoms with van der Waals surface area (Å²) in [4.78, 5) is 23.2. The summed E-state index contributed by atoms with van der Waals surface area (Å²) in [6.07, 6.45) is 3.44. The van der Waals surface area contributed by atoms with Crippen molar-refractivity contribution >= 4 is 33.3 Å². The molecule has 0 aliphatic carbocycles. The van der Waals surface area contributed by atoms with E-state index in [4.69, 9.17) is 5.11 Å². The van der Waals surface area contributed by atoms with Crippen LogP contribution in [0.1, 0.15) is 47.3 Å². The van der Waals surface area contributed by atoms with E-state index in [2.05, 4.69) is 5.32 Å². The minimum Gasteiger partial charge on any atom is -0.481 e. The van der Waals surface area contributed by atoms with Gasteiger partial charge in [-0.3, -0.25) is 9.59 Å². The third-order valence-electron chi connectivity index (χ3n) is 3.71. The number of hydrogen-bond acceptors (Lipinski definition) is 3. The lowest BCUT2D eigenvalue weighted by Crippen LogP contribution is -2.24. The Morgan fingerprint density at radius 1 is 1.22 bits per heavy atom. The first-order valence-corrected chi connectivity index (χ1v) is 8.49. The van der Waals surface area contributed by atoms with Crippen molar-refractivity contribution in [2.75, 3.05) is 6.54 Å². The van der Waals surface area contributed by atoms with E-state index in [0.29, 0.717) is 17.8 Å². The summed E-state index contributed by atoms with van der Waals surface area (Å²) in [5.74, 6) is -1.20. The maximum Gasteiger partial charge on any atom is 0.303 e. The maximum absolute atomic E-state index is 13.3. The van der Waals surface area contributed by atoms with Gasteiger partial charge in [-0.05, 0) is 48.9 Å². The van der Waals surface area contributed by atoms with Crippen LogP contribution >= 0.6 is 11.3 Å². The normalized spacial score (nSPS) is 10.9. The third-order valence-corrected chi connectivity index (χ3v) is 4.98. The van der Waals surface area contributed by atoms with Crippen molar-refractivity contribution in [3.05, 3.63) is 34.5 Å². The topological polar surface area (TPSA) is 66.4 Å². The van der Waals surface area contributed by atoms with Crippen LogP contribution in [0.4, 0.5) is 4.39 Å². The van der Waals surface area contributed by atoms with Gasteiger partial charge in [0.05, 0.1) is 4.88 Å². The van der Waals surface area contributed by atoms with Gasteiger partial charge in [-0.15, -0.1) is 11.3 Å². The SMILES string of the molecule is Cc1c(C(=O)NCCCCCCC(=O)O)sc2ccc(F)cc12. The zero-order chi connectivity index (χ0) is 16.8. The van der Waals surface area contributed by atoms with Crippen LogP contribution in [0.2, 0.25) is 0 Å². The number of aliphatic carboxylic acids is 1. The molecule has 0 fully saturated rings. The Kier molecular flexibility index (Phi) is 6.10. The number of benzene rings is 1. The molecule has 0 spiro atoms. The minimum absolute atomic E-state index is 0.130. The number of thiophene rings is 1. The van der Waals surface area contributed by atoms with E-state index >= 15 is 0 Å². The molecule has 1 heterocycles. The number of nitrogens with one attached hydrogen (secondary N) is 1. The first-order chi connectivity index (χ1) is 11.0. The molecule has 0 saturated carbocycles. The van der Waals surface area contributed by atoms with Crippen molar-refractivity contribution in [3.8, 4) is 0 Å². The lowest BCUT2D eigenvalue weighted by atomic mass is 10.1. The van der Waals surface area contributed by atoms with Gasteiger partial charge in [-0.2, -0.15) is 0 Å². The highest BCUT2D eigenvalue weighted by atomic mass is 32.1. The number of carboxylic acids is 1. The van der Waals surface area contributed by atoms with Crippen LogP contribution < -0.4 is 5.32 Å². The first-order valence-electron chi connectivity index (χ1n) is 7.67. The van der Waals surface area contributed by atoms with Crippen molar-refractivity contribution in [1.29, 1.82) is 0 Å². The maximum atomic E-state index is 13.3. The van der Waals surface area contributed by atoms with Crippen molar-refractivity contribution in [3.63, 3.8) is 0 Å². The van der Waals surface area contributed by atoms with Crippen molar-refractivity contribution < 1.29 is 19.1 Å². The molecular weight excluding hydrogens is 317 g/mol.